The molecular formula is C17H23NO. The van der Waals surface area contributed by atoms with Gasteiger partial charge in [-0.1, -0.05) is 37.6 Å². The molecular weight excluding hydrogens is 234 g/mol. The molecule has 0 spiro atoms. The van der Waals surface area contributed by atoms with Crippen molar-refractivity contribution in [2.45, 2.75) is 56.9 Å². The van der Waals surface area contributed by atoms with Gasteiger partial charge in [0.05, 0.1) is 5.54 Å². The van der Waals surface area contributed by atoms with Crippen molar-refractivity contribution in [1.29, 1.82) is 0 Å². The Balaban J connectivity index is 1.69. The van der Waals surface area contributed by atoms with Gasteiger partial charge in [0.1, 0.15) is 0 Å². The van der Waals surface area contributed by atoms with Crippen LogP contribution in [0.15, 0.2) is 24.3 Å². The van der Waals surface area contributed by atoms with Gasteiger partial charge in [-0.25, -0.2) is 0 Å². The minimum Gasteiger partial charge on any atom is -0.305 e. The van der Waals surface area contributed by atoms with Gasteiger partial charge in [0.25, 0.3) is 0 Å². The molecule has 1 aliphatic carbocycles. The van der Waals surface area contributed by atoms with Crippen LogP contribution in [0.5, 0.6) is 0 Å². The number of carbonyl (C=O) groups excluding carboxylic acids is 1. The number of benzene rings is 1. The first-order valence-electron chi connectivity index (χ1n) is 7.61. The van der Waals surface area contributed by atoms with Crippen LogP contribution in [0.3, 0.4) is 0 Å². The maximum atomic E-state index is 12.7. The third-order valence-electron chi connectivity index (χ3n) is 4.85. The molecule has 1 heterocycles. The summed E-state index contributed by atoms with van der Waals surface area (Å²) in [6.07, 6.45) is 6.08. The zero-order valence-corrected chi connectivity index (χ0v) is 11.7. The van der Waals surface area contributed by atoms with E-state index >= 15 is 0 Å². The lowest BCUT2D eigenvalue weighted by atomic mass is 9.72. The molecule has 2 nitrogen and oxygen atoms in total. The predicted octanol–water partition coefficient (Wildman–Crippen LogP) is 3.21. The molecule has 2 atom stereocenters. The first-order valence-corrected chi connectivity index (χ1v) is 7.61. The standard InChI is InChI=1S/C17H23NO/c1-2-8-17(9-5-10-18-17)16(19)12-14-11-13-6-3-4-7-15(13)14/h3-4,6-7,14,18H,2,5,8-12H2,1H3. The molecule has 0 saturated carbocycles. The number of hydrogen-bond acceptors (Lipinski definition) is 2. The summed E-state index contributed by atoms with van der Waals surface area (Å²) in [6, 6.07) is 8.55. The number of carbonyl (C=O) groups is 1. The molecule has 0 aromatic heterocycles. The first kappa shape index (κ1) is 12.9. The zero-order valence-electron chi connectivity index (χ0n) is 11.7. The minimum absolute atomic E-state index is 0.195. The highest BCUT2D eigenvalue weighted by atomic mass is 16.1. The molecule has 2 aliphatic rings. The lowest BCUT2D eigenvalue weighted by molar-refractivity contribution is -0.125. The zero-order chi connectivity index (χ0) is 13.3. The second-order valence-electron chi connectivity index (χ2n) is 6.09. The van der Waals surface area contributed by atoms with Crippen LogP contribution in [0.2, 0.25) is 0 Å². The molecule has 19 heavy (non-hydrogen) atoms. The van der Waals surface area contributed by atoms with Gasteiger partial charge in [0.15, 0.2) is 5.78 Å². The number of rotatable bonds is 5. The lowest BCUT2D eigenvalue weighted by Gasteiger charge is -2.34. The first-order chi connectivity index (χ1) is 9.25. The number of ketones is 1. The molecule has 1 aromatic rings. The van der Waals surface area contributed by atoms with Gasteiger partial charge in [-0.3, -0.25) is 4.79 Å². The van der Waals surface area contributed by atoms with Gasteiger partial charge in [-0.05, 0) is 49.3 Å². The molecule has 0 amide bonds. The van der Waals surface area contributed by atoms with Crippen molar-refractivity contribution < 1.29 is 4.79 Å². The van der Waals surface area contributed by atoms with E-state index < -0.39 is 0 Å². The van der Waals surface area contributed by atoms with Crippen molar-refractivity contribution in [3.8, 4) is 0 Å². The molecule has 1 aromatic carbocycles. The molecule has 1 N–H and O–H groups in total. The highest BCUT2D eigenvalue weighted by Gasteiger charge is 2.41. The monoisotopic (exact) mass is 257 g/mol. The number of hydrogen-bond donors (Lipinski definition) is 1. The predicted molar refractivity (Wildman–Crippen MR) is 77.4 cm³/mol. The smallest absolute Gasteiger partial charge is 0.153 e. The Labute approximate surface area is 115 Å². The fraction of sp³-hybridized carbons (Fsp3) is 0.588. The summed E-state index contributed by atoms with van der Waals surface area (Å²) in [5.74, 6) is 0.922. The summed E-state index contributed by atoms with van der Waals surface area (Å²) in [6.45, 7) is 3.18. The number of nitrogens with one attached hydrogen (secondary N) is 1. The molecule has 3 rings (SSSR count). The summed E-state index contributed by atoms with van der Waals surface area (Å²) in [5.41, 5.74) is 2.64. The van der Waals surface area contributed by atoms with Crippen molar-refractivity contribution >= 4 is 5.78 Å². The van der Waals surface area contributed by atoms with Gasteiger partial charge in [-0.2, -0.15) is 0 Å². The van der Waals surface area contributed by atoms with Crippen molar-refractivity contribution in [3.05, 3.63) is 35.4 Å². The maximum absolute atomic E-state index is 12.7. The van der Waals surface area contributed by atoms with Crippen molar-refractivity contribution in [3.63, 3.8) is 0 Å². The van der Waals surface area contributed by atoms with E-state index in [-0.39, 0.29) is 5.54 Å². The maximum Gasteiger partial charge on any atom is 0.153 e. The quantitative estimate of drug-likeness (QED) is 0.877. The van der Waals surface area contributed by atoms with E-state index in [1.807, 2.05) is 0 Å². The van der Waals surface area contributed by atoms with Crippen LogP contribution in [0.4, 0.5) is 0 Å². The fourth-order valence-electron chi connectivity index (χ4n) is 3.79. The Hall–Kier alpha value is -1.15. The minimum atomic E-state index is -0.195. The molecule has 1 aliphatic heterocycles. The summed E-state index contributed by atoms with van der Waals surface area (Å²) < 4.78 is 0. The van der Waals surface area contributed by atoms with Crippen LogP contribution < -0.4 is 5.32 Å². The Morgan fingerprint density at radius 2 is 2.26 bits per heavy atom. The van der Waals surface area contributed by atoms with Crippen LogP contribution >= 0.6 is 0 Å². The normalized spacial score (nSPS) is 28.8. The van der Waals surface area contributed by atoms with Crippen LogP contribution in [0.25, 0.3) is 0 Å². The molecule has 1 fully saturated rings. The van der Waals surface area contributed by atoms with Crippen LogP contribution in [-0.4, -0.2) is 17.9 Å². The lowest BCUT2D eigenvalue weighted by Crippen LogP contribution is -2.48. The number of fused-ring (bicyclic) bond motifs is 1. The Morgan fingerprint density at radius 1 is 1.42 bits per heavy atom. The van der Waals surface area contributed by atoms with E-state index in [1.165, 1.54) is 11.1 Å². The summed E-state index contributed by atoms with van der Waals surface area (Å²) in [4.78, 5) is 12.7. The van der Waals surface area contributed by atoms with Crippen molar-refractivity contribution in [1.82, 2.24) is 5.32 Å². The average molecular weight is 257 g/mol. The second kappa shape index (κ2) is 5.09. The summed E-state index contributed by atoms with van der Waals surface area (Å²) >= 11 is 0. The van der Waals surface area contributed by atoms with Crippen LogP contribution in [-0.2, 0) is 11.2 Å². The highest BCUT2D eigenvalue weighted by molar-refractivity contribution is 5.89. The van der Waals surface area contributed by atoms with E-state index in [1.54, 1.807) is 0 Å². The van der Waals surface area contributed by atoms with E-state index in [9.17, 15) is 4.79 Å². The van der Waals surface area contributed by atoms with E-state index in [4.69, 9.17) is 0 Å². The van der Waals surface area contributed by atoms with Gasteiger partial charge in [0, 0.05) is 6.42 Å². The Bertz CT molecular complexity index is 474. The van der Waals surface area contributed by atoms with E-state index in [0.717, 1.165) is 45.1 Å². The van der Waals surface area contributed by atoms with Crippen LogP contribution in [0, 0.1) is 0 Å². The third-order valence-corrected chi connectivity index (χ3v) is 4.85. The average Bonchev–Trinajstić information content (AvgIpc) is 2.86. The number of Topliss-reactive ketones (excluding diaryl/α,β-unsaturated/α-hetero) is 1. The molecule has 2 heteroatoms. The van der Waals surface area contributed by atoms with E-state index in [0.29, 0.717) is 11.7 Å². The summed E-state index contributed by atoms with van der Waals surface area (Å²) in [5, 5.41) is 3.50. The molecule has 0 radical (unpaired) electrons. The molecule has 0 bridgehead atoms. The molecule has 1 saturated heterocycles. The SMILES string of the molecule is CCCC1(C(=O)CC2Cc3ccccc32)CCCN1. The van der Waals surface area contributed by atoms with Gasteiger partial charge >= 0.3 is 0 Å². The Kier molecular flexibility index (Phi) is 3.44. The van der Waals surface area contributed by atoms with Gasteiger partial charge in [-0.15, -0.1) is 0 Å². The molecule has 102 valence electrons. The summed E-state index contributed by atoms with van der Waals surface area (Å²) in [7, 11) is 0. The van der Waals surface area contributed by atoms with Gasteiger partial charge in [0.2, 0.25) is 0 Å². The fourth-order valence-corrected chi connectivity index (χ4v) is 3.79. The highest BCUT2D eigenvalue weighted by Crippen LogP contribution is 2.39. The van der Waals surface area contributed by atoms with E-state index in [2.05, 4.69) is 36.5 Å². The third kappa shape index (κ3) is 2.23. The molecule has 2 unspecified atom stereocenters. The van der Waals surface area contributed by atoms with Crippen molar-refractivity contribution in [2.75, 3.05) is 6.54 Å². The van der Waals surface area contributed by atoms with Crippen molar-refractivity contribution in [2.24, 2.45) is 0 Å². The second-order valence-corrected chi connectivity index (χ2v) is 6.09. The largest absolute Gasteiger partial charge is 0.305 e. The topological polar surface area (TPSA) is 29.1 Å². The Morgan fingerprint density at radius 3 is 2.95 bits per heavy atom. The van der Waals surface area contributed by atoms with Crippen LogP contribution in [0.1, 0.15) is 56.1 Å². The van der Waals surface area contributed by atoms with Gasteiger partial charge < -0.3 is 5.32 Å².